The Kier molecular flexibility index (Phi) is 9.23. The van der Waals surface area contributed by atoms with Gasteiger partial charge >= 0.3 is 0 Å². The van der Waals surface area contributed by atoms with Gasteiger partial charge in [0, 0.05) is 26.7 Å². The molecule has 5 aromatic carbocycles. The van der Waals surface area contributed by atoms with Gasteiger partial charge < -0.3 is 0 Å². The van der Waals surface area contributed by atoms with E-state index in [-0.39, 0.29) is 11.6 Å². The molecule has 0 saturated heterocycles. The van der Waals surface area contributed by atoms with Crippen LogP contribution in [0.25, 0.3) is 44.5 Å². The Morgan fingerprint density at radius 2 is 1.14 bits per heavy atom. The minimum atomic E-state index is -0.424. The summed E-state index contributed by atoms with van der Waals surface area (Å²) >= 11 is 3.68. The second-order valence-electron chi connectivity index (χ2n) is 11.6. The number of rotatable bonds is 7. The molecule has 0 amide bonds. The van der Waals surface area contributed by atoms with Crippen LogP contribution in [0.3, 0.4) is 0 Å². The molecule has 0 radical (unpaired) electrons. The second kappa shape index (κ2) is 12.8. The molecule has 5 rings (SSSR count). The van der Waals surface area contributed by atoms with Crippen molar-refractivity contribution in [3.8, 4) is 44.5 Å². The summed E-state index contributed by atoms with van der Waals surface area (Å²) in [5.41, 5.74) is 10.3. The van der Waals surface area contributed by atoms with Gasteiger partial charge in [-0.3, -0.25) is 0 Å². The SMILES string of the molecule is CCc1cccc(-c2c(CC)c(-c3cccc(F)c3CC)c(F)c(-c3cc(C)c(Br)c(C)c3)c2-c2ccc(C)c(C)c2)c1F. The zero-order chi connectivity index (χ0) is 31.9. The lowest BCUT2D eigenvalue weighted by molar-refractivity contribution is 0.610. The second-order valence-corrected chi connectivity index (χ2v) is 12.4. The van der Waals surface area contributed by atoms with Crippen LogP contribution in [0.1, 0.15) is 59.7 Å². The number of halogens is 4. The first kappa shape index (κ1) is 31.8. The van der Waals surface area contributed by atoms with Gasteiger partial charge in [-0.25, -0.2) is 13.2 Å². The Bertz CT molecular complexity index is 1880. The van der Waals surface area contributed by atoms with Crippen LogP contribution in [-0.4, -0.2) is 0 Å². The lowest BCUT2D eigenvalue weighted by Crippen LogP contribution is -2.07. The Morgan fingerprint density at radius 1 is 0.523 bits per heavy atom. The first-order valence-electron chi connectivity index (χ1n) is 15.3. The molecule has 4 heteroatoms. The lowest BCUT2D eigenvalue weighted by atomic mass is 9.78. The van der Waals surface area contributed by atoms with Crippen LogP contribution in [0, 0.1) is 45.1 Å². The summed E-state index contributed by atoms with van der Waals surface area (Å²) in [5, 5.41) is 0. The lowest BCUT2D eigenvalue weighted by Gasteiger charge is -2.26. The van der Waals surface area contributed by atoms with Gasteiger partial charge in [0.15, 0.2) is 0 Å². The summed E-state index contributed by atoms with van der Waals surface area (Å²) in [4.78, 5) is 0. The molecule has 0 unspecified atom stereocenters. The zero-order valence-corrected chi connectivity index (χ0v) is 28.1. The van der Waals surface area contributed by atoms with E-state index < -0.39 is 5.82 Å². The summed E-state index contributed by atoms with van der Waals surface area (Å²) in [6.07, 6.45) is 1.34. The molecule has 0 nitrogen and oxygen atoms in total. The summed E-state index contributed by atoms with van der Waals surface area (Å²) in [5.74, 6) is -1.11. The molecule has 5 aromatic rings. The average Bonchev–Trinajstić information content (AvgIpc) is 3.00. The van der Waals surface area contributed by atoms with Gasteiger partial charge in [-0.2, -0.15) is 0 Å². The number of hydrogen-bond donors (Lipinski definition) is 0. The van der Waals surface area contributed by atoms with Crippen LogP contribution < -0.4 is 0 Å². The first-order chi connectivity index (χ1) is 21.0. The van der Waals surface area contributed by atoms with Crippen LogP contribution in [-0.2, 0) is 19.3 Å². The van der Waals surface area contributed by atoms with Gasteiger partial charge in [-0.15, -0.1) is 0 Å². The van der Waals surface area contributed by atoms with Crippen molar-refractivity contribution in [2.45, 2.75) is 67.7 Å². The summed E-state index contributed by atoms with van der Waals surface area (Å²) < 4.78 is 50.5. The smallest absolute Gasteiger partial charge is 0.139 e. The van der Waals surface area contributed by atoms with Gasteiger partial charge in [0.05, 0.1) is 0 Å². The van der Waals surface area contributed by atoms with E-state index in [1.807, 2.05) is 78.8 Å². The average molecular weight is 656 g/mol. The maximum absolute atomic E-state index is 17.7. The quantitative estimate of drug-likeness (QED) is 0.164. The third kappa shape index (κ3) is 5.43. The topological polar surface area (TPSA) is 0 Å². The molecule has 0 aliphatic heterocycles. The zero-order valence-electron chi connectivity index (χ0n) is 26.5. The van der Waals surface area contributed by atoms with Crippen molar-refractivity contribution in [1.29, 1.82) is 0 Å². The normalized spacial score (nSPS) is 11.3. The molecular weight excluding hydrogens is 617 g/mol. The molecule has 0 spiro atoms. The van der Waals surface area contributed by atoms with Crippen molar-refractivity contribution in [2.75, 3.05) is 0 Å². The molecule has 0 aromatic heterocycles. The third-order valence-corrected chi connectivity index (χ3v) is 10.1. The summed E-state index contributed by atoms with van der Waals surface area (Å²) in [6, 6.07) is 20.4. The molecule has 0 saturated carbocycles. The van der Waals surface area contributed by atoms with E-state index in [4.69, 9.17) is 0 Å². The van der Waals surface area contributed by atoms with Gasteiger partial charge in [-0.05, 0) is 114 Å². The largest absolute Gasteiger partial charge is 0.207 e. The number of benzene rings is 5. The van der Waals surface area contributed by atoms with Gasteiger partial charge in [0.25, 0.3) is 0 Å². The Hall–Kier alpha value is -3.63. The van der Waals surface area contributed by atoms with Crippen LogP contribution in [0.4, 0.5) is 13.2 Å². The highest BCUT2D eigenvalue weighted by Crippen LogP contribution is 2.50. The fraction of sp³-hybridized carbons (Fsp3) is 0.250. The molecule has 0 atom stereocenters. The highest BCUT2D eigenvalue weighted by atomic mass is 79.9. The van der Waals surface area contributed by atoms with Crippen molar-refractivity contribution in [2.24, 2.45) is 0 Å². The third-order valence-electron chi connectivity index (χ3n) is 8.89. The van der Waals surface area contributed by atoms with Gasteiger partial charge in [-0.1, -0.05) is 97.4 Å². The fourth-order valence-electron chi connectivity index (χ4n) is 6.44. The van der Waals surface area contributed by atoms with Crippen molar-refractivity contribution in [1.82, 2.24) is 0 Å². The van der Waals surface area contributed by atoms with Crippen LogP contribution in [0.2, 0.25) is 0 Å². The van der Waals surface area contributed by atoms with Crippen molar-refractivity contribution >= 4 is 15.9 Å². The first-order valence-corrected chi connectivity index (χ1v) is 16.1. The highest BCUT2D eigenvalue weighted by Gasteiger charge is 2.30. The van der Waals surface area contributed by atoms with E-state index in [0.717, 1.165) is 32.3 Å². The van der Waals surface area contributed by atoms with Crippen molar-refractivity contribution in [3.05, 3.63) is 128 Å². The fourth-order valence-corrected chi connectivity index (χ4v) is 6.67. The molecular formula is C40H38BrF3. The van der Waals surface area contributed by atoms with Crippen LogP contribution in [0.5, 0.6) is 0 Å². The van der Waals surface area contributed by atoms with Gasteiger partial charge in [0.1, 0.15) is 17.5 Å². The summed E-state index contributed by atoms with van der Waals surface area (Å²) in [7, 11) is 0. The van der Waals surface area contributed by atoms with E-state index in [1.54, 1.807) is 24.3 Å². The highest BCUT2D eigenvalue weighted by molar-refractivity contribution is 9.10. The Morgan fingerprint density at radius 3 is 1.75 bits per heavy atom. The van der Waals surface area contributed by atoms with E-state index >= 15 is 13.2 Å². The minimum absolute atomic E-state index is 0.309. The Balaban J connectivity index is 2.12. The molecule has 226 valence electrons. The summed E-state index contributed by atoms with van der Waals surface area (Å²) in [6.45, 7) is 13.8. The van der Waals surface area contributed by atoms with Crippen LogP contribution >= 0.6 is 15.9 Å². The van der Waals surface area contributed by atoms with E-state index in [9.17, 15) is 0 Å². The molecule has 0 aliphatic rings. The molecule has 0 N–H and O–H groups in total. The standard InChI is InChI=1S/C40H38BrF3/c1-8-26-13-11-15-32(39(26)43)36-30(10-3)37(31-14-12-16-33(42)29(31)9-2)40(44)35(28-20-24(6)38(41)25(7)21-28)34(36)27-18-17-22(4)23(5)19-27/h11-21H,8-10H2,1-7H3. The predicted octanol–water partition coefficient (Wildman–Crippen LogP) is 12.5. The maximum Gasteiger partial charge on any atom is 0.139 e. The molecule has 0 bridgehead atoms. The molecule has 44 heavy (non-hydrogen) atoms. The van der Waals surface area contributed by atoms with E-state index in [1.165, 1.54) is 6.07 Å². The van der Waals surface area contributed by atoms with Crippen molar-refractivity contribution in [3.63, 3.8) is 0 Å². The van der Waals surface area contributed by atoms with E-state index in [0.29, 0.717) is 74.9 Å². The van der Waals surface area contributed by atoms with Crippen LogP contribution in [0.15, 0.2) is 71.2 Å². The monoisotopic (exact) mass is 654 g/mol. The Labute approximate surface area is 268 Å². The minimum Gasteiger partial charge on any atom is -0.207 e. The number of hydrogen-bond acceptors (Lipinski definition) is 0. The molecule has 0 aliphatic carbocycles. The number of aryl methyl sites for hydroxylation is 5. The van der Waals surface area contributed by atoms with Gasteiger partial charge in [0.2, 0.25) is 0 Å². The van der Waals surface area contributed by atoms with Crippen molar-refractivity contribution < 1.29 is 13.2 Å². The molecule has 0 heterocycles. The maximum atomic E-state index is 17.7. The molecule has 0 fully saturated rings. The predicted molar refractivity (Wildman–Crippen MR) is 183 cm³/mol. The van der Waals surface area contributed by atoms with E-state index in [2.05, 4.69) is 22.0 Å².